The zero-order valence-corrected chi connectivity index (χ0v) is 14.4. The Balaban J connectivity index is 1.67. The molecule has 0 saturated heterocycles. The zero-order valence-electron chi connectivity index (χ0n) is 13.6. The van der Waals surface area contributed by atoms with E-state index in [1.165, 1.54) is 4.88 Å². The highest BCUT2D eigenvalue weighted by Gasteiger charge is 2.14. The molecule has 4 rings (SSSR count). The van der Waals surface area contributed by atoms with Crippen LogP contribution < -0.4 is 5.73 Å². The maximum absolute atomic E-state index is 6.14. The number of nitrogens with two attached hydrogens (primary N) is 1. The summed E-state index contributed by atoms with van der Waals surface area (Å²) < 4.78 is 0. The van der Waals surface area contributed by atoms with Gasteiger partial charge in [-0.15, -0.1) is 11.3 Å². The molecule has 124 valence electrons. The molecule has 4 heterocycles. The Morgan fingerprint density at radius 2 is 2.04 bits per heavy atom. The van der Waals surface area contributed by atoms with E-state index in [9.17, 15) is 0 Å². The van der Waals surface area contributed by atoms with Gasteiger partial charge in [-0.05, 0) is 24.6 Å². The Labute approximate surface area is 148 Å². The quantitative estimate of drug-likeness (QED) is 0.607. The molecule has 0 radical (unpaired) electrons. The molecule has 0 aliphatic heterocycles. The van der Waals surface area contributed by atoms with Crippen molar-refractivity contribution in [2.24, 2.45) is 0 Å². The minimum atomic E-state index is 0.322. The lowest BCUT2D eigenvalue weighted by atomic mass is 10.0. The van der Waals surface area contributed by atoms with E-state index in [0.717, 1.165) is 22.3 Å². The van der Waals surface area contributed by atoms with Crippen LogP contribution in [-0.2, 0) is 6.42 Å². The number of pyridine rings is 1. The van der Waals surface area contributed by atoms with E-state index in [0.29, 0.717) is 23.3 Å². The molecule has 6 nitrogen and oxygen atoms in total. The Morgan fingerprint density at radius 3 is 2.80 bits per heavy atom. The van der Waals surface area contributed by atoms with Gasteiger partial charge in [0.15, 0.2) is 5.82 Å². The van der Waals surface area contributed by atoms with Crippen LogP contribution in [0.15, 0.2) is 49.1 Å². The summed E-state index contributed by atoms with van der Waals surface area (Å²) >= 11 is 1.64. The summed E-state index contributed by atoms with van der Waals surface area (Å²) in [5, 5.41) is 0.890. The number of hydrogen-bond acceptors (Lipinski definition) is 7. The number of thiophene rings is 1. The van der Waals surface area contributed by atoms with Gasteiger partial charge in [0.2, 0.25) is 0 Å². The standard InChI is InChI=1S/C18H16N6S/c1-11(14-4-2-3-5-21-14)8-12-9-13-16(19)23-17(24-18(13)25-12)15-10-20-6-7-22-15/h2-7,9-11H,8H2,1H3,(H2,19,23,24). The van der Waals surface area contributed by atoms with E-state index in [4.69, 9.17) is 5.73 Å². The van der Waals surface area contributed by atoms with Crippen LogP contribution in [0.5, 0.6) is 0 Å². The van der Waals surface area contributed by atoms with Gasteiger partial charge in [-0.2, -0.15) is 0 Å². The van der Waals surface area contributed by atoms with E-state index >= 15 is 0 Å². The molecule has 1 atom stereocenters. The second kappa shape index (κ2) is 6.52. The third-order valence-corrected chi connectivity index (χ3v) is 5.02. The molecule has 0 aromatic carbocycles. The largest absolute Gasteiger partial charge is 0.383 e. The number of hydrogen-bond donors (Lipinski definition) is 1. The summed E-state index contributed by atoms with van der Waals surface area (Å²) in [5.41, 5.74) is 7.85. The van der Waals surface area contributed by atoms with Crippen LogP contribution >= 0.6 is 11.3 Å². The van der Waals surface area contributed by atoms with Gasteiger partial charge in [0.25, 0.3) is 0 Å². The maximum Gasteiger partial charge on any atom is 0.183 e. The number of nitrogen functional groups attached to an aromatic ring is 1. The summed E-state index contributed by atoms with van der Waals surface area (Å²) in [7, 11) is 0. The van der Waals surface area contributed by atoms with Crippen LogP contribution in [-0.4, -0.2) is 24.9 Å². The second-order valence-electron chi connectivity index (χ2n) is 5.81. The molecule has 4 aromatic rings. The van der Waals surface area contributed by atoms with Crippen LogP contribution in [0.4, 0.5) is 5.82 Å². The highest BCUT2D eigenvalue weighted by molar-refractivity contribution is 7.18. The van der Waals surface area contributed by atoms with Crippen LogP contribution in [0, 0.1) is 0 Å². The molecule has 0 fully saturated rings. The first-order valence-corrected chi connectivity index (χ1v) is 8.75. The lowest BCUT2D eigenvalue weighted by Crippen LogP contribution is -1.99. The molecular weight excluding hydrogens is 332 g/mol. The van der Waals surface area contributed by atoms with Crippen LogP contribution in [0.25, 0.3) is 21.7 Å². The smallest absolute Gasteiger partial charge is 0.183 e. The zero-order chi connectivity index (χ0) is 17.2. The first kappa shape index (κ1) is 15.6. The summed E-state index contributed by atoms with van der Waals surface area (Å²) in [6.45, 7) is 2.17. The van der Waals surface area contributed by atoms with Gasteiger partial charge in [-0.3, -0.25) is 9.97 Å². The van der Waals surface area contributed by atoms with Crippen molar-refractivity contribution < 1.29 is 0 Å². The van der Waals surface area contributed by atoms with Gasteiger partial charge in [0.05, 0.1) is 11.6 Å². The first-order valence-electron chi connectivity index (χ1n) is 7.94. The van der Waals surface area contributed by atoms with E-state index < -0.39 is 0 Å². The second-order valence-corrected chi connectivity index (χ2v) is 6.93. The number of fused-ring (bicyclic) bond motifs is 1. The molecule has 0 aliphatic carbocycles. The van der Waals surface area contributed by atoms with Gasteiger partial charge in [-0.1, -0.05) is 13.0 Å². The summed E-state index contributed by atoms with van der Waals surface area (Å²) in [5.74, 6) is 1.30. The van der Waals surface area contributed by atoms with Gasteiger partial charge in [0.1, 0.15) is 16.3 Å². The third kappa shape index (κ3) is 3.18. The monoisotopic (exact) mass is 348 g/mol. The minimum Gasteiger partial charge on any atom is -0.383 e. The predicted molar refractivity (Wildman–Crippen MR) is 99.2 cm³/mol. The number of nitrogens with zero attached hydrogens (tertiary/aromatic N) is 5. The van der Waals surface area contributed by atoms with Gasteiger partial charge < -0.3 is 5.73 Å². The molecule has 0 bridgehead atoms. The van der Waals surface area contributed by atoms with Gasteiger partial charge >= 0.3 is 0 Å². The van der Waals surface area contributed by atoms with Crippen molar-refractivity contribution in [2.45, 2.75) is 19.3 Å². The van der Waals surface area contributed by atoms with E-state index in [1.54, 1.807) is 29.9 Å². The Bertz CT molecular complexity index is 1000. The average Bonchev–Trinajstić information content (AvgIpc) is 3.06. The van der Waals surface area contributed by atoms with Crippen LogP contribution in [0.1, 0.15) is 23.4 Å². The highest BCUT2D eigenvalue weighted by Crippen LogP contribution is 2.32. The number of anilines is 1. The molecule has 7 heteroatoms. The lowest BCUT2D eigenvalue weighted by Gasteiger charge is -2.08. The fourth-order valence-corrected chi connectivity index (χ4v) is 3.86. The molecule has 0 amide bonds. The average molecular weight is 348 g/mol. The van der Waals surface area contributed by atoms with Crippen molar-refractivity contribution >= 4 is 27.4 Å². The molecule has 2 N–H and O–H groups in total. The summed E-state index contributed by atoms with van der Waals surface area (Å²) in [6.07, 6.45) is 7.59. The normalized spacial score (nSPS) is 12.4. The molecule has 4 aromatic heterocycles. The van der Waals surface area contributed by atoms with Gasteiger partial charge in [-0.25, -0.2) is 15.0 Å². The molecular formula is C18H16N6S. The van der Waals surface area contributed by atoms with Crippen molar-refractivity contribution in [3.63, 3.8) is 0 Å². The minimum absolute atomic E-state index is 0.322. The first-order chi connectivity index (χ1) is 12.2. The number of aromatic nitrogens is 5. The van der Waals surface area contributed by atoms with E-state index in [2.05, 4.69) is 44.0 Å². The van der Waals surface area contributed by atoms with Gasteiger partial charge in [0, 0.05) is 35.1 Å². The molecule has 0 aliphatic rings. The Morgan fingerprint density at radius 1 is 1.12 bits per heavy atom. The fourth-order valence-electron chi connectivity index (χ4n) is 2.70. The summed E-state index contributed by atoms with van der Waals surface area (Å²) in [6, 6.07) is 8.08. The van der Waals surface area contributed by atoms with E-state index in [1.807, 2.05) is 18.3 Å². The molecule has 1 unspecified atom stereocenters. The van der Waals surface area contributed by atoms with E-state index in [-0.39, 0.29) is 0 Å². The maximum atomic E-state index is 6.14. The fraction of sp³-hybridized carbons (Fsp3) is 0.167. The lowest BCUT2D eigenvalue weighted by molar-refractivity contribution is 0.739. The van der Waals surface area contributed by atoms with Crippen molar-refractivity contribution in [3.05, 3.63) is 59.6 Å². The SMILES string of the molecule is CC(Cc1cc2c(N)nc(-c3cnccn3)nc2s1)c1ccccn1. The van der Waals surface area contributed by atoms with Crippen molar-refractivity contribution in [1.29, 1.82) is 0 Å². The van der Waals surface area contributed by atoms with Crippen molar-refractivity contribution in [1.82, 2.24) is 24.9 Å². The van der Waals surface area contributed by atoms with Crippen molar-refractivity contribution in [3.8, 4) is 11.5 Å². The Hall–Kier alpha value is -2.93. The van der Waals surface area contributed by atoms with Crippen LogP contribution in [0.3, 0.4) is 0 Å². The Kier molecular flexibility index (Phi) is 4.07. The molecule has 0 spiro atoms. The summed E-state index contributed by atoms with van der Waals surface area (Å²) in [4.78, 5) is 23.8. The van der Waals surface area contributed by atoms with Crippen LogP contribution in [0.2, 0.25) is 0 Å². The topological polar surface area (TPSA) is 90.5 Å². The predicted octanol–water partition coefficient (Wildman–Crippen LogP) is 3.47. The highest BCUT2D eigenvalue weighted by atomic mass is 32.1. The third-order valence-electron chi connectivity index (χ3n) is 3.97. The molecule has 25 heavy (non-hydrogen) atoms. The molecule has 0 saturated carbocycles. The van der Waals surface area contributed by atoms with Crippen molar-refractivity contribution in [2.75, 3.05) is 5.73 Å². The number of rotatable bonds is 4.